The van der Waals surface area contributed by atoms with E-state index in [9.17, 15) is 0 Å². The van der Waals surface area contributed by atoms with Crippen molar-refractivity contribution >= 4 is 12.4 Å². The Balaban J connectivity index is 0. The second-order valence-electron chi connectivity index (χ2n) is 2.67. The van der Waals surface area contributed by atoms with Crippen LogP contribution in [0.5, 0.6) is 11.5 Å². The van der Waals surface area contributed by atoms with Crippen LogP contribution in [0.4, 0.5) is 0 Å². The molecule has 0 saturated heterocycles. The van der Waals surface area contributed by atoms with Crippen molar-refractivity contribution in [3.8, 4) is 11.5 Å². The number of benzene rings is 2. The molecule has 0 unspecified atom stereocenters. The Morgan fingerprint density at radius 1 is 0.647 bits per heavy atom. The van der Waals surface area contributed by atoms with Gasteiger partial charge in [-0.25, -0.2) is 0 Å². The molecule has 0 aromatic heterocycles. The number of phenolic OH excluding ortho intramolecular Hbond substituents is 2. The third kappa shape index (κ3) is 11.0. The molecule has 0 fully saturated rings. The molecule has 5 heteroatoms. The topological polar surface area (TPSA) is 57.5 Å². The van der Waals surface area contributed by atoms with Crippen LogP contribution in [0.1, 0.15) is 0 Å². The molecule has 2 aromatic rings. The van der Waals surface area contributed by atoms with E-state index < -0.39 is 0 Å². The maximum absolute atomic E-state index is 8.63. The van der Waals surface area contributed by atoms with Gasteiger partial charge in [0, 0.05) is 0 Å². The summed E-state index contributed by atoms with van der Waals surface area (Å²) in [6.45, 7) is 0. The van der Waals surface area contributed by atoms with E-state index in [1.54, 1.807) is 48.5 Å². The molecule has 2 N–H and O–H groups in total. The summed E-state index contributed by atoms with van der Waals surface area (Å²) in [5.41, 5.74) is 0. The van der Waals surface area contributed by atoms with Crippen molar-refractivity contribution in [3.05, 3.63) is 60.7 Å². The van der Waals surface area contributed by atoms with Crippen molar-refractivity contribution in [3.63, 3.8) is 0 Å². The van der Waals surface area contributed by atoms with Crippen molar-refractivity contribution in [2.45, 2.75) is 0 Å². The van der Waals surface area contributed by atoms with Gasteiger partial charge in [0.1, 0.15) is 11.5 Å². The Hall–Kier alpha value is -1.29. The molecule has 2 aromatic carbocycles. The minimum atomic E-state index is 0. The second-order valence-corrected chi connectivity index (χ2v) is 2.67. The van der Waals surface area contributed by atoms with Crippen molar-refractivity contribution in [2.75, 3.05) is 0 Å². The van der Waals surface area contributed by atoms with Crippen molar-refractivity contribution in [2.24, 2.45) is 0 Å². The van der Waals surface area contributed by atoms with Crippen LogP contribution in [0.2, 0.25) is 0 Å². The predicted molar refractivity (Wildman–Crippen MR) is 64.1 cm³/mol. The molecule has 0 aliphatic carbocycles. The molecule has 0 bridgehead atoms. The summed E-state index contributed by atoms with van der Waals surface area (Å²) in [5, 5.41) is 17.3. The van der Waals surface area contributed by atoms with Crippen molar-refractivity contribution in [1.82, 2.24) is 0 Å². The first-order valence-corrected chi connectivity index (χ1v) is 5.02. The maximum atomic E-state index is 8.63. The molecule has 2 rings (SSSR count). The summed E-state index contributed by atoms with van der Waals surface area (Å²) in [6, 6.07) is 17.4. The molecule has 0 amide bonds. The van der Waals surface area contributed by atoms with Crippen LogP contribution < -0.4 is 0 Å². The van der Waals surface area contributed by atoms with Crippen LogP contribution in [-0.4, -0.2) is 10.2 Å². The van der Waals surface area contributed by atoms with Gasteiger partial charge >= 0.3 is 21.0 Å². The van der Waals surface area contributed by atoms with Crippen LogP contribution >= 0.6 is 12.4 Å². The molecule has 0 aliphatic heterocycles. The molecule has 17 heavy (non-hydrogen) atoms. The Bertz CT molecular complexity index is 333. The van der Waals surface area contributed by atoms with E-state index in [1.165, 1.54) is 0 Å². The third-order valence-electron chi connectivity index (χ3n) is 1.51. The standard InChI is InChI=1S/2C6H6O.ClH.O.V/c2*7-6-4-2-1-3-5-6;;;/h2*1-5,7H;1H;;. The fraction of sp³-hybridized carbons (Fsp3) is 0. The number of para-hydroxylation sites is 2. The predicted octanol–water partition coefficient (Wildman–Crippen LogP) is 3.08. The molecule has 0 aliphatic rings. The van der Waals surface area contributed by atoms with Crippen LogP contribution in [0.15, 0.2) is 60.7 Å². The van der Waals surface area contributed by atoms with E-state index in [0.717, 1.165) is 17.4 Å². The molecular weight excluding hydrogens is 279 g/mol. The van der Waals surface area contributed by atoms with Gasteiger partial charge in [0.05, 0.1) is 0 Å². The van der Waals surface area contributed by atoms with Crippen molar-refractivity contribution in [1.29, 1.82) is 0 Å². The summed E-state index contributed by atoms with van der Waals surface area (Å²) in [7, 11) is 0. The summed E-state index contributed by atoms with van der Waals surface area (Å²) in [5.74, 6) is 0.644. The first-order valence-electron chi connectivity index (χ1n) is 4.45. The number of aromatic hydroxyl groups is 2. The zero-order valence-electron chi connectivity index (χ0n) is 8.93. The van der Waals surface area contributed by atoms with Gasteiger partial charge in [-0.1, -0.05) is 36.4 Å². The van der Waals surface area contributed by atoms with Gasteiger partial charge in [-0.2, -0.15) is 0 Å². The minimum absolute atomic E-state index is 0. The van der Waals surface area contributed by atoms with Gasteiger partial charge in [-0.05, 0) is 24.3 Å². The zero-order valence-corrected chi connectivity index (χ0v) is 11.1. The Labute approximate surface area is 116 Å². The molecule has 3 nitrogen and oxygen atoms in total. The van der Waals surface area contributed by atoms with Gasteiger partial charge in [-0.15, -0.1) is 12.4 Å². The molecule has 0 atom stereocenters. The number of hydrogen-bond donors (Lipinski definition) is 2. The number of rotatable bonds is 0. The van der Waals surface area contributed by atoms with E-state index >= 15 is 0 Å². The van der Waals surface area contributed by atoms with Gasteiger partial charge < -0.3 is 10.2 Å². The average molecular weight is 292 g/mol. The number of phenols is 2. The molecular formula is C12H13ClO3V. The SMILES string of the molecule is Cl.Oc1ccccc1.Oc1ccccc1.[O]=[V]. The second kappa shape index (κ2) is 12.8. The fourth-order valence-corrected chi connectivity index (χ4v) is 0.856. The first kappa shape index (κ1) is 18.1. The van der Waals surface area contributed by atoms with Crippen molar-refractivity contribution < 1.29 is 31.3 Å². The Kier molecular flexibility index (Phi) is 13.6. The molecule has 91 valence electrons. The third-order valence-corrected chi connectivity index (χ3v) is 1.51. The van der Waals surface area contributed by atoms with E-state index in [-0.39, 0.29) is 12.4 Å². The van der Waals surface area contributed by atoms with Gasteiger partial charge in [0.15, 0.2) is 0 Å². The number of halogens is 1. The van der Waals surface area contributed by atoms with E-state index in [1.807, 2.05) is 12.1 Å². The van der Waals surface area contributed by atoms with Crippen LogP contribution in [-0.2, 0) is 21.0 Å². The molecule has 0 radical (unpaired) electrons. The van der Waals surface area contributed by atoms with E-state index in [4.69, 9.17) is 13.9 Å². The monoisotopic (exact) mass is 291 g/mol. The van der Waals surface area contributed by atoms with E-state index in [2.05, 4.69) is 0 Å². The fourth-order valence-electron chi connectivity index (χ4n) is 0.856. The zero-order chi connectivity index (χ0) is 12.2. The van der Waals surface area contributed by atoms with Gasteiger partial charge in [-0.3, -0.25) is 0 Å². The summed E-state index contributed by atoms with van der Waals surface area (Å²) in [4.78, 5) is 0. The van der Waals surface area contributed by atoms with Crippen LogP contribution in [0.25, 0.3) is 0 Å². The average Bonchev–Trinajstić information content (AvgIpc) is 2.34. The van der Waals surface area contributed by atoms with E-state index in [0.29, 0.717) is 11.5 Å². The van der Waals surface area contributed by atoms with Crippen LogP contribution in [0, 0.1) is 0 Å². The molecule has 0 heterocycles. The quantitative estimate of drug-likeness (QED) is 0.784. The molecule has 0 spiro atoms. The van der Waals surface area contributed by atoms with Gasteiger partial charge in [0.2, 0.25) is 0 Å². The van der Waals surface area contributed by atoms with Crippen LogP contribution in [0.3, 0.4) is 0 Å². The summed E-state index contributed by atoms with van der Waals surface area (Å²) in [6.07, 6.45) is 0. The summed E-state index contributed by atoms with van der Waals surface area (Å²) < 4.78 is 8.19. The number of hydrogen-bond acceptors (Lipinski definition) is 3. The first-order chi connectivity index (χ1) is 7.79. The normalized spacial score (nSPS) is 7.24. The Morgan fingerprint density at radius 3 is 1.00 bits per heavy atom. The Morgan fingerprint density at radius 2 is 0.882 bits per heavy atom. The molecule has 0 saturated carbocycles. The summed E-state index contributed by atoms with van der Waals surface area (Å²) >= 11 is 1.06. The van der Waals surface area contributed by atoms with Gasteiger partial charge in [0.25, 0.3) is 0 Å².